The maximum Gasteiger partial charge on any atom is 0.255 e. The molecule has 1 heterocycles. The smallest absolute Gasteiger partial charge is 0.255 e. The molecule has 2 aromatic rings. The molecule has 0 aliphatic carbocycles. The normalized spacial score (nSPS) is 14.1. The van der Waals surface area contributed by atoms with Crippen molar-refractivity contribution in [2.75, 3.05) is 31.5 Å². The summed E-state index contributed by atoms with van der Waals surface area (Å²) in [4.78, 5) is 27.0. The molecule has 2 aromatic carbocycles. The average Bonchev–Trinajstić information content (AvgIpc) is 2.98. The predicted molar refractivity (Wildman–Crippen MR) is 104 cm³/mol. The molecular weight excluding hydrogens is 364 g/mol. The molecule has 2 amide bonds. The highest BCUT2D eigenvalue weighted by molar-refractivity contribution is 6.34. The number of amides is 2. The molecule has 1 aliphatic rings. The van der Waals surface area contributed by atoms with Crippen LogP contribution in [0.2, 0.25) is 5.02 Å². The van der Waals surface area contributed by atoms with Crippen LogP contribution >= 0.6 is 11.6 Å². The molecule has 7 heteroatoms. The fourth-order valence-electron chi connectivity index (χ4n) is 2.91. The first kappa shape index (κ1) is 18.9. The van der Waals surface area contributed by atoms with Gasteiger partial charge < -0.3 is 15.5 Å². The summed E-state index contributed by atoms with van der Waals surface area (Å²) in [5.74, 6) is -0.477. The summed E-state index contributed by atoms with van der Waals surface area (Å²) in [6.45, 7) is 2.99. The second kappa shape index (κ2) is 8.67. The lowest BCUT2D eigenvalue weighted by Crippen LogP contribution is -2.34. The molecule has 2 N–H and O–H groups in total. The molecule has 1 aliphatic heterocycles. The second-order valence-corrected chi connectivity index (χ2v) is 6.64. The van der Waals surface area contributed by atoms with Crippen molar-refractivity contribution in [3.8, 4) is 6.07 Å². The van der Waals surface area contributed by atoms with E-state index in [1.165, 1.54) is 6.07 Å². The highest BCUT2D eigenvalue weighted by Crippen LogP contribution is 2.25. The van der Waals surface area contributed by atoms with E-state index in [0.717, 1.165) is 19.5 Å². The van der Waals surface area contributed by atoms with E-state index in [1.807, 2.05) is 6.07 Å². The standard InChI is InChI=1S/C20H19ClN4O2/c21-17-6-5-16(20(27)25-9-2-7-23-8-10-25)12-18(17)24-19(26)15-4-1-3-14(11-15)13-22/h1,3-6,11-12,23H,2,7-10H2,(H,24,26). The van der Waals surface area contributed by atoms with Gasteiger partial charge in [0, 0.05) is 30.8 Å². The number of rotatable bonds is 3. The number of nitrogens with zero attached hydrogens (tertiary/aromatic N) is 2. The SMILES string of the molecule is N#Cc1cccc(C(=O)Nc2cc(C(=O)N3CCCNCC3)ccc2Cl)c1. The van der Waals surface area contributed by atoms with Crippen LogP contribution in [0.25, 0.3) is 0 Å². The number of carbonyl (C=O) groups excluding carboxylic acids is 2. The zero-order chi connectivity index (χ0) is 19.2. The summed E-state index contributed by atoms with van der Waals surface area (Å²) in [6, 6.07) is 13.2. The van der Waals surface area contributed by atoms with Crippen molar-refractivity contribution in [2.24, 2.45) is 0 Å². The minimum Gasteiger partial charge on any atom is -0.337 e. The monoisotopic (exact) mass is 382 g/mol. The second-order valence-electron chi connectivity index (χ2n) is 6.24. The van der Waals surface area contributed by atoms with Gasteiger partial charge in [0.25, 0.3) is 11.8 Å². The average molecular weight is 383 g/mol. The van der Waals surface area contributed by atoms with E-state index in [1.54, 1.807) is 41.3 Å². The Morgan fingerprint density at radius 1 is 1.11 bits per heavy atom. The summed E-state index contributed by atoms with van der Waals surface area (Å²) >= 11 is 6.20. The molecule has 1 saturated heterocycles. The maximum atomic E-state index is 12.8. The third-order valence-corrected chi connectivity index (χ3v) is 4.67. The molecule has 0 spiro atoms. The fraction of sp³-hybridized carbons (Fsp3) is 0.250. The van der Waals surface area contributed by atoms with Crippen molar-refractivity contribution in [1.29, 1.82) is 5.26 Å². The number of hydrogen-bond acceptors (Lipinski definition) is 4. The lowest BCUT2D eigenvalue weighted by molar-refractivity contribution is 0.0766. The Balaban J connectivity index is 1.79. The van der Waals surface area contributed by atoms with E-state index < -0.39 is 5.91 Å². The van der Waals surface area contributed by atoms with Crippen molar-refractivity contribution in [3.63, 3.8) is 0 Å². The number of carbonyl (C=O) groups is 2. The van der Waals surface area contributed by atoms with Gasteiger partial charge in [-0.3, -0.25) is 9.59 Å². The Hall–Kier alpha value is -2.88. The molecular formula is C20H19ClN4O2. The molecule has 138 valence electrons. The van der Waals surface area contributed by atoms with E-state index in [0.29, 0.717) is 40.5 Å². The Morgan fingerprint density at radius 2 is 1.96 bits per heavy atom. The highest BCUT2D eigenvalue weighted by Gasteiger charge is 2.19. The number of benzene rings is 2. The number of nitriles is 1. The van der Waals surface area contributed by atoms with Crippen molar-refractivity contribution < 1.29 is 9.59 Å². The predicted octanol–water partition coefficient (Wildman–Crippen LogP) is 2.90. The van der Waals surface area contributed by atoms with Crippen molar-refractivity contribution in [1.82, 2.24) is 10.2 Å². The largest absolute Gasteiger partial charge is 0.337 e. The van der Waals surface area contributed by atoms with Crippen LogP contribution in [0, 0.1) is 11.3 Å². The number of halogens is 1. The number of nitrogens with one attached hydrogen (secondary N) is 2. The van der Waals surface area contributed by atoms with Crippen LogP contribution in [-0.4, -0.2) is 42.9 Å². The first-order chi connectivity index (χ1) is 13.1. The molecule has 3 rings (SSSR count). The summed E-state index contributed by atoms with van der Waals surface area (Å²) < 4.78 is 0. The zero-order valence-corrected chi connectivity index (χ0v) is 15.4. The highest BCUT2D eigenvalue weighted by atomic mass is 35.5. The Morgan fingerprint density at radius 3 is 2.78 bits per heavy atom. The quantitative estimate of drug-likeness (QED) is 0.854. The van der Waals surface area contributed by atoms with Crippen molar-refractivity contribution >= 4 is 29.1 Å². The van der Waals surface area contributed by atoms with Gasteiger partial charge in [0.05, 0.1) is 22.3 Å². The molecule has 0 unspecified atom stereocenters. The van der Waals surface area contributed by atoms with Crippen LogP contribution in [0.5, 0.6) is 0 Å². The summed E-state index contributed by atoms with van der Waals surface area (Å²) in [6.07, 6.45) is 0.901. The lowest BCUT2D eigenvalue weighted by Gasteiger charge is -2.20. The fourth-order valence-corrected chi connectivity index (χ4v) is 3.07. The van der Waals surface area contributed by atoms with Gasteiger partial charge in [0.2, 0.25) is 0 Å². The van der Waals surface area contributed by atoms with Crippen LogP contribution in [0.1, 0.15) is 32.7 Å². The Bertz CT molecular complexity index is 899. The van der Waals surface area contributed by atoms with Gasteiger partial charge in [0.1, 0.15) is 0 Å². The van der Waals surface area contributed by atoms with E-state index >= 15 is 0 Å². The minimum absolute atomic E-state index is 0.0858. The molecule has 1 fully saturated rings. The Labute approximate surface area is 162 Å². The molecule has 27 heavy (non-hydrogen) atoms. The van der Waals surface area contributed by atoms with Crippen molar-refractivity contribution in [3.05, 3.63) is 64.2 Å². The maximum absolute atomic E-state index is 12.8. The van der Waals surface area contributed by atoms with Crippen LogP contribution in [0.3, 0.4) is 0 Å². The first-order valence-corrected chi connectivity index (χ1v) is 9.07. The van der Waals surface area contributed by atoms with Gasteiger partial charge in [-0.25, -0.2) is 0 Å². The Kier molecular flexibility index (Phi) is 6.07. The molecule has 0 aromatic heterocycles. The van der Waals surface area contributed by atoms with Crippen LogP contribution in [0.15, 0.2) is 42.5 Å². The van der Waals surface area contributed by atoms with Gasteiger partial charge >= 0.3 is 0 Å². The van der Waals surface area contributed by atoms with Gasteiger partial charge in [-0.15, -0.1) is 0 Å². The third kappa shape index (κ3) is 4.64. The third-order valence-electron chi connectivity index (χ3n) is 4.34. The van der Waals surface area contributed by atoms with E-state index in [9.17, 15) is 9.59 Å². The van der Waals surface area contributed by atoms with E-state index in [4.69, 9.17) is 16.9 Å². The van der Waals surface area contributed by atoms with E-state index in [-0.39, 0.29) is 5.91 Å². The van der Waals surface area contributed by atoms with Gasteiger partial charge in [-0.1, -0.05) is 17.7 Å². The number of anilines is 1. The lowest BCUT2D eigenvalue weighted by atomic mass is 10.1. The van der Waals surface area contributed by atoms with Crippen LogP contribution < -0.4 is 10.6 Å². The summed E-state index contributed by atoms with van der Waals surface area (Å²) in [5.41, 5.74) is 1.58. The summed E-state index contributed by atoms with van der Waals surface area (Å²) in [7, 11) is 0. The van der Waals surface area contributed by atoms with Crippen LogP contribution in [-0.2, 0) is 0 Å². The topological polar surface area (TPSA) is 85.2 Å². The molecule has 0 saturated carbocycles. The van der Waals surface area contributed by atoms with Crippen molar-refractivity contribution in [2.45, 2.75) is 6.42 Å². The van der Waals surface area contributed by atoms with Gasteiger partial charge in [-0.2, -0.15) is 5.26 Å². The molecule has 0 atom stereocenters. The van der Waals surface area contributed by atoms with E-state index in [2.05, 4.69) is 10.6 Å². The molecule has 0 bridgehead atoms. The number of hydrogen-bond donors (Lipinski definition) is 2. The molecule has 0 radical (unpaired) electrons. The van der Waals surface area contributed by atoms with Gasteiger partial charge in [-0.05, 0) is 49.4 Å². The first-order valence-electron chi connectivity index (χ1n) is 8.69. The zero-order valence-electron chi connectivity index (χ0n) is 14.7. The molecule has 6 nitrogen and oxygen atoms in total. The van der Waals surface area contributed by atoms with Crippen LogP contribution in [0.4, 0.5) is 5.69 Å². The summed E-state index contributed by atoms with van der Waals surface area (Å²) in [5, 5.41) is 15.3. The minimum atomic E-state index is -0.391. The van der Waals surface area contributed by atoms with Gasteiger partial charge in [0.15, 0.2) is 0 Å².